The second-order valence-corrected chi connectivity index (χ2v) is 9.10. The minimum atomic E-state index is -3.92. The molecule has 1 amide bonds. The van der Waals surface area contributed by atoms with E-state index in [1.165, 1.54) is 42.5 Å². The molecule has 0 bridgehead atoms. The Labute approximate surface area is 175 Å². The Morgan fingerprint density at radius 3 is 2.32 bits per heavy atom. The summed E-state index contributed by atoms with van der Waals surface area (Å²) >= 11 is 6.37. The molecule has 0 radical (unpaired) electrons. The van der Waals surface area contributed by atoms with E-state index >= 15 is 0 Å². The molecule has 3 rings (SSSR count). The van der Waals surface area contributed by atoms with Gasteiger partial charge in [-0.05, 0) is 58.4 Å². The highest BCUT2D eigenvalue weighted by atomic mass is 79.9. The summed E-state index contributed by atoms with van der Waals surface area (Å²) in [4.78, 5) is 22.6. The molecule has 0 saturated heterocycles. The molecule has 28 heavy (non-hydrogen) atoms. The van der Waals surface area contributed by atoms with E-state index in [-0.39, 0.29) is 27.1 Å². The number of nitrogens with zero attached hydrogens (tertiary/aromatic N) is 1. The molecule has 8 nitrogen and oxygen atoms in total. The molecule has 0 aliphatic heterocycles. The average molecular weight is 530 g/mol. The second kappa shape index (κ2) is 7.86. The Kier molecular flexibility index (Phi) is 5.68. The second-order valence-electron chi connectivity index (χ2n) is 5.45. The van der Waals surface area contributed by atoms with E-state index < -0.39 is 20.7 Å². The number of nitrogens with one attached hydrogen (secondary N) is 1. The van der Waals surface area contributed by atoms with Crippen molar-refractivity contribution in [2.24, 2.45) is 0 Å². The third kappa shape index (κ3) is 4.16. The van der Waals surface area contributed by atoms with Gasteiger partial charge in [-0.1, -0.05) is 15.9 Å². The molecular formula is C17H10Br2N2O6S. The van der Waals surface area contributed by atoms with Crippen molar-refractivity contribution in [2.75, 3.05) is 5.32 Å². The molecule has 11 heteroatoms. The van der Waals surface area contributed by atoms with E-state index in [0.29, 0.717) is 4.47 Å². The van der Waals surface area contributed by atoms with E-state index in [9.17, 15) is 23.3 Å². The fraction of sp³-hybridized carbons (Fsp3) is 0. The molecule has 144 valence electrons. The van der Waals surface area contributed by atoms with E-state index in [0.717, 1.165) is 4.47 Å². The van der Waals surface area contributed by atoms with Crippen LogP contribution in [0.4, 0.5) is 11.4 Å². The Bertz CT molecular complexity index is 1170. The third-order valence-corrected chi connectivity index (χ3v) is 6.43. The summed E-state index contributed by atoms with van der Waals surface area (Å²) in [5.41, 5.74) is 0.120. The summed E-state index contributed by atoms with van der Waals surface area (Å²) in [6.07, 6.45) is 0. The summed E-state index contributed by atoms with van der Waals surface area (Å²) in [6, 6.07) is 12.2. The first-order valence-electron chi connectivity index (χ1n) is 7.54. The average Bonchev–Trinajstić information content (AvgIpc) is 3.14. The first-order chi connectivity index (χ1) is 13.2. The Morgan fingerprint density at radius 1 is 1.04 bits per heavy atom. The van der Waals surface area contributed by atoms with Crippen molar-refractivity contribution in [3.05, 3.63) is 79.4 Å². The lowest BCUT2D eigenvalue weighted by molar-refractivity contribution is -0.384. The lowest BCUT2D eigenvalue weighted by Crippen LogP contribution is -2.11. The Balaban J connectivity index is 1.83. The molecule has 0 unspecified atom stereocenters. The number of furan rings is 1. The summed E-state index contributed by atoms with van der Waals surface area (Å²) in [6.45, 7) is 0. The molecule has 2 aromatic carbocycles. The zero-order chi connectivity index (χ0) is 20.5. The van der Waals surface area contributed by atoms with Crippen molar-refractivity contribution in [2.45, 2.75) is 9.99 Å². The first-order valence-corrected chi connectivity index (χ1v) is 10.6. The highest BCUT2D eigenvalue weighted by Gasteiger charge is 2.24. The number of halogens is 2. The van der Waals surface area contributed by atoms with Crippen LogP contribution in [0, 0.1) is 10.1 Å². The normalized spacial score (nSPS) is 11.2. The van der Waals surface area contributed by atoms with E-state index in [1.54, 1.807) is 12.1 Å². The lowest BCUT2D eigenvalue weighted by Gasteiger charge is -2.06. The minimum absolute atomic E-state index is 0.0233. The third-order valence-electron chi connectivity index (χ3n) is 3.61. The molecule has 0 aliphatic carbocycles. The Hall–Kier alpha value is -2.50. The number of rotatable bonds is 5. The minimum Gasteiger partial charge on any atom is -0.439 e. The van der Waals surface area contributed by atoms with Gasteiger partial charge in [0.1, 0.15) is 0 Å². The van der Waals surface area contributed by atoms with Gasteiger partial charge in [-0.2, -0.15) is 0 Å². The van der Waals surface area contributed by atoms with Crippen LogP contribution in [0.5, 0.6) is 0 Å². The number of nitro groups is 1. The predicted molar refractivity (Wildman–Crippen MR) is 107 cm³/mol. The molecule has 1 N–H and O–H groups in total. The predicted octanol–water partition coefficient (Wildman–Crippen LogP) is 4.80. The van der Waals surface area contributed by atoms with Crippen molar-refractivity contribution in [3.63, 3.8) is 0 Å². The number of benzene rings is 2. The topological polar surface area (TPSA) is 120 Å². The van der Waals surface area contributed by atoms with Gasteiger partial charge >= 0.3 is 0 Å². The maximum atomic E-state index is 12.6. The number of anilines is 1. The van der Waals surface area contributed by atoms with Crippen LogP contribution in [0.1, 0.15) is 10.6 Å². The highest BCUT2D eigenvalue weighted by Crippen LogP contribution is 2.28. The van der Waals surface area contributed by atoms with Crippen molar-refractivity contribution in [3.8, 4) is 0 Å². The number of hydrogen-bond donors (Lipinski definition) is 1. The van der Waals surface area contributed by atoms with Crippen molar-refractivity contribution in [1.29, 1.82) is 0 Å². The summed E-state index contributed by atoms with van der Waals surface area (Å²) in [7, 11) is -3.92. The number of hydrogen-bond acceptors (Lipinski definition) is 6. The van der Waals surface area contributed by atoms with Crippen molar-refractivity contribution >= 4 is 59.0 Å². The zero-order valence-electron chi connectivity index (χ0n) is 13.8. The summed E-state index contributed by atoms with van der Waals surface area (Å²) in [5, 5.41) is 12.9. The number of sulfone groups is 1. The number of non-ortho nitro benzene ring substituents is 1. The number of carbonyl (C=O) groups excluding carboxylic acids is 1. The maximum Gasteiger partial charge on any atom is 0.291 e. The molecule has 1 aromatic heterocycles. The van der Waals surface area contributed by atoms with Crippen LogP contribution < -0.4 is 5.32 Å². The zero-order valence-corrected chi connectivity index (χ0v) is 17.7. The van der Waals surface area contributed by atoms with Gasteiger partial charge in [-0.15, -0.1) is 0 Å². The molecule has 0 fully saturated rings. The monoisotopic (exact) mass is 528 g/mol. The fourth-order valence-electron chi connectivity index (χ4n) is 2.22. The molecule has 0 saturated carbocycles. The Morgan fingerprint density at radius 2 is 1.71 bits per heavy atom. The largest absolute Gasteiger partial charge is 0.439 e. The van der Waals surface area contributed by atoms with Crippen LogP contribution in [0.25, 0.3) is 0 Å². The van der Waals surface area contributed by atoms with Gasteiger partial charge in [0.2, 0.25) is 14.9 Å². The molecular weight excluding hydrogens is 520 g/mol. The van der Waals surface area contributed by atoms with Gasteiger partial charge in [-0.3, -0.25) is 14.9 Å². The SMILES string of the molecule is O=C(Nc1ccc([N+](=O)[O-])cc1Br)c1ccc(S(=O)(=O)c2ccc(Br)cc2)o1. The standard InChI is InChI=1S/C17H10Br2N2O6S/c18-10-1-4-12(5-2-10)28(25,26)16-8-7-15(27-16)17(22)20-14-6-3-11(21(23)24)9-13(14)19/h1-9H,(H,20,22). The molecule has 0 aliphatic rings. The number of nitro benzene ring substituents is 1. The van der Waals surface area contributed by atoms with Crippen LogP contribution in [0.2, 0.25) is 0 Å². The van der Waals surface area contributed by atoms with E-state index in [1.807, 2.05) is 0 Å². The van der Waals surface area contributed by atoms with Crippen LogP contribution in [-0.4, -0.2) is 19.2 Å². The molecule has 3 aromatic rings. The van der Waals surface area contributed by atoms with E-state index in [4.69, 9.17) is 4.42 Å². The van der Waals surface area contributed by atoms with Gasteiger partial charge in [0, 0.05) is 21.1 Å². The highest BCUT2D eigenvalue weighted by molar-refractivity contribution is 9.10. The van der Waals surface area contributed by atoms with Crippen LogP contribution >= 0.6 is 31.9 Å². The van der Waals surface area contributed by atoms with Gasteiger partial charge in [0.05, 0.1) is 15.5 Å². The van der Waals surface area contributed by atoms with Gasteiger partial charge < -0.3 is 9.73 Å². The lowest BCUT2D eigenvalue weighted by atomic mass is 10.3. The smallest absolute Gasteiger partial charge is 0.291 e. The van der Waals surface area contributed by atoms with Crippen LogP contribution in [-0.2, 0) is 9.84 Å². The number of amides is 1. The molecule has 0 atom stereocenters. The summed E-state index contributed by atoms with van der Waals surface area (Å²) < 4.78 is 31.4. The summed E-state index contributed by atoms with van der Waals surface area (Å²) in [5.74, 6) is -0.923. The van der Waals surface area contributed by atoms with Crippen molar-refractivity contribution < 1.29 is 22.6 Å². The number of carbonyl (C=O) groups is 1. The van der Waals surface area contributed by atoms with Crippen LogP contribution in [0.3, 0.4) is 0 Å². The van der Waals surface area contributed by atoms with E-state index in [2.05, 4.69) is 37.2 Å². The van der Waals surface area contributed by atoms with Gasteiger partial charge in [-0.25, -0.2) is 8.42 Å². The molecule has 0 spiro atoms. The quantitative estimate of drug-likeness (QED) is 0.374. The van der Waals surface area contributed by atoms with Crippen LogP contribution in [0.15, 0.2) is 77.9 Å². The molecule has 1 heterocycles. The van der Waals surface area contributed by atoms with Gasteiger partial charge in [0.15, 0.2) is 5.76 Å². The first kappa shape index (κ1) is 20.2. The fourth-order valence-corrected chi connectivity index (χ4v) is 4.12. The maximum absolute atomic E-state index is 12.6. The van der Waals surface area contributed by atoms with Gasteiger partial charge in [0.25, 0.3) is 11.6 Å². The van der Waals surface area contributed by atoms with Crippen molar-refractivity contribution in [1.82, 2.24) is 0 Å².